The average Bonchev–Trinajstić information content (AvgIpc) is 2.54. The van der Waals surface area contributed by atoms with Gasteiger partial charge < -0.3 is 4.90 Å². The van der Waals surface area contributed by atoms with Crippen molar-refractivity contribution in [1.29, 1.82) is 0 Å². The van der Waals surface area contributed by atoms with Crippen LogP contribution in [0.1, 0.15) is 11.1 Å². The predicted molar refractivity (Wildman–Crippen MR) is 102 cm³/mol. The van der Waals surface area contributed by atoms with Gasteiger partial charge in [-0.1, -0.05) is 18.2 Å². The van der Waals surface area contributed by atoms with E-state index < -0.39 is 20.0 Å². The van der Waals surface area contributed by atoms with Crippen LogP contribution in [-0.4, -0.2) is 37.5 Å². The Morgan fingerprint density at radius 2 is 1.54 bits per heavy atom. The first-order valence-electron chi connectivity index (χ1n) is 7.90. The van der Waals surface area contributed by atoms with Gasteiger partial charge in [0.25, 0.3) is 0 Å². The Morgan fingerprint density at radius 3 is 2.08 bits per heavy atom. The van der Waals surface area contributed by atoms with Crippen LogP contribution in [0, 0.1) is 6.92 Å². The predicted octanol–water partition coefficient (Wildman–Crippen LogP) is 1.23. The molecular formula is C17H23N3O4S2. The first-order chi connectivity index (χ1) is 12.0. The summed E-state index contributed by atoms with van der Waals surface area (Å²) in [4.78, 5) is 2.09. The molecule has 0 spiro atoms. The molecule has 0 amide bonds. The molecule has 9 heteroatoms. The maximum Gasteiger partial charge on any atom is 0.240 e. The van der Waals surface area contributed by atoms with Crippen LogP contribution < -0.4 is 14.8 Å². The van der Waals surface area contributed by atoms with Crippen LogP contribution >= 0.6 is 0 Å². The highest BCUT2D eigenvalue weighted by molar-refractivity contribution is 7.89. The van der Waals surface area contributed by atoms with Gasteiger partial charge in [0.1, 0.15) is 0 Å². The Kier molecular flexibility index (Phi) is 6.07. The Hall–Kier alpha value is -1.94. The molecule has 0 bridgehead atoms. The zero-order valence-electron chi connectivity index (χ0n) is 14.9. The van der Waals surface area contributed by atoms with E-state index in [0.29, 0.717) is 6.42 Å². The number of hydrogen-bond donors (Lipinski definition) is 2. The van der Waals surface area contributed by atoms with E-state index in [-0.39, 0.29) is 16.3 Å². The molecule has 142 valence electrons. The molecule has 0 unspecified atom stereocenters. The van der Waals surface area contributed by atoms with E-state index in [4.69, 9.17) is 5.14 Å². The molecule has 0 aliphatic carbocycles. The molecule has 2 aromatic rings. The average molecular weight is 398 g/mol. The largest absolute Gasteiger partial charge is 0.377 e. The van der Waals surface area contributed by atoms with Gasteiger partial charge in [0.05, 0.1) is 9.79 Å². The maximum absolute atomic E-state index is 12.5. The third kappa shape index (κ3) is 5.04. The summed E-state index contributed by atoms with van der Waals surface area (Å²) < 4.78 is 50.0. The quantitative estimate of drug-likeness (QED) is 0.730. The number of hydrogen-bond acceptors (Lipinski definition) is 5. The fourth-order valence-electron chi connectivity index (χ4n) is 2.50. The van der Waals surface area contributed by atoms with Crippen LogP contribution in [-0.2, 0) is 26.5 Å². The van der Waals surface area contributed by atoms with Crippen molar-refractivity contribution in [2.24, 2.45) is 5.14 Å². The fourth-order valence-corrected chi connectivity index (χ4v) is 4.06. The van der Waals surface area contributed by atoms with Crippen molar-refractivity contribution in [3.8, 4) is 0 Å². The second kappa shape index (κ2) is 7.75. The Labute approximate surface area is 154 Å². The Balaban J connectivity index is 2.06. The van der Waals surface area contributed by atoms with Gasteiger partial charge in [0.2, 0.25) is 20.0 Å². The highest BCUT2D eigenvalue weighted by atomic mass is 32.2. The first kappa shape index (κ1) is 20.4. The lowest BCUT2D eigenvalue weighted by Crippen LogP contribution is -2.26. The second-order valence-electron chi connectivity index (χ2n) is 6.18. The van der Waals surface area contributed by atoms with Crippen molar-refractivity contribution >= 4 is 25.7 Å². The minimum atomic E-state index is -3.73. The number of rotatable bonds is 7. The fraction of sp³-hybridized carbons (Fsp3) is 0.294. The van der Waals surface area contributed by atoms with E-state index >= 15 is 0 Å². The van der Waals surface area contributed by atoms with Crippen LogP contribution in [0.15, 0.2) is 52.3 Å². The molecule has 0 saturated carbocycles. The molecule has 2 rings (SSSR count). The van der Waals surface area contributed by atoms with E-state index in [1.165, 1.54) is 12.1 Å². The van der Waals surface area contributed by atoms with Crippen molar-refractivity contribution in [2.75, 3.05) is 25.5 Å². The summed E-state index contributed by atoms with van der Waals surface area (Å²) in [6, 6.07) is 11.0. The Bertz CT molecular complexity index is 983. The van der Waals surface area contributed by atoms with Crippen molar-refractivity contribution in [2.45, 2.75) is 23.1 Å². The van der Waals surface area contributed by atoms with Crippen LogP contribution in [0.5, 0.6) is 0 Å². The third-order valence-electron chi connectivity index (χ3n) is 3.93. The van der Waals surface area contributed by atoms with Gasteiger partial charge in [-0.3, -0.25) is 0 Å². The standard InChI is InChI=1S/C17H23N3O4S2/c1-13-4-7-16(12-17(13)20(2)3)26(23,24)19-11-10-14-5-8-15(9-6-14)25(18,21)22/h4-9,12,19H,10-11H2,1-3H3,(H2,18,21,22). The molecule has 0 aliphatic heterocycles. The van der Waals surface area contributed by atoms with Gasteiger partial charge in [-0.25, -0.2) is 26.7 Å². The molecular weight excluding hydrogens is 374 g/mol. The minimum Gasteiger partial charge on any atom is -0.377 e. The second-order valence-corrected chi connectivity index (χ2v) is 9.51. The van der Waals surface area contributed by atoms with Gasteiger partial charge in [-0.05, 0) is 48.7 Å². The van der Waals surface area contributed by atoms with Crippen LogP contribution in [0.2, 0.25) is 0 Å². The number of nitrogens with zero attached hydrogens (tertiary/aromatic N) is 1. The SMILES string of the molecule is Cc1ccc(S(=O)(=O)NCCc2ccc(S(N)(=O)=O)cc2)cc1N(C)C. The lowest BCUT2D eigenvalue weighted by molar-refractivity contribution is 0.581. The summed E-state index contributed by atoms with van der Waals surface area (Å²) in [5.41, 5.74) is 2.63. The van der Waals surface area contributed by atoms with E-state index in [1.54, 1.807) is 30.3 Å². The summed E-state index contributed by atoms with van der Waals surface area (Å²) in [7, 11) is -3.64. The lowest BCUT2D eigenvalue weighted by atomic mass is 10.2. The topological polar surface area (TPSA) is 110 Å². The van der Waals surface area contributed by atoms with E-state index in [2.05, 4.69) is 4.72 Å². The van der Waals surface area contributed by atoms with Gasteiger partial charge in [-0.15, -0.1) is 0 Å². The molecule has 0 saturated heterocycles. The molecule has 7 nitrogen and oxygen atoms in total. The van der Waals surface area contributed by atoms with Gasteiger partial charge >= 0.3 is 0 Å². The molecule has 0 atom stereocenters. The number of nitrogens with one attached hydrogen (secondary N) is 1. The van der Waals surface area contributed by atoms with Crippen molar-refractivity contribution < 1.29 is 16.8 Å². The number of primary sulfonamides is 1. The van der Waals surface area contributed by atoms with Crippen LogP contribution in [0.3, 0.4) is 0 Å². The van der Waals surface area contributed by atoms with Gasteiger partial charge in [-0.2, -0.15) is 0 Å². The number of anilines is 1. The van der Waals surface area contributed by atoms with Crippen molar-refractivity contribution in [1.82, 2.24) is 4.72 Å². The van der Waals surface area contributed by atoms with Gasteiger partial charge in [0, 0.05) is 26.3 Å². The summed E-state index contributed by atoms with van der Waals surface area (Å²) in [5, 5.41) is 5.05. The van der Waals surface area contributed by atoms with E-state index in [9.17, 15) is 16.8 Å². The molecule has 0 aliphatic rings. The molecule has 0 radical (unpaired) electrons. The molecule has 0 aromatic heterocycles. The van der Waals surface area contributed by atoms with Gasteiger partial charge in [0.15, 0.2) is 0 Å². The summed E-state index contributed by atoms with van der Waals surface area (Å²) in [5.74, 6) is 0. The lowest BCUT2D eigenvalue weighted by Gasteiger charge is -2.17. The summed E-state index contributed by atoms with van der Waals surface area (Å²) in [6.45, 7) is 2.12. The number of benzene rings is 2. The molecule has 2 aromatic carbocycles. The van der Waals surface area contributed by atoms with E-state index in [1.807, 2.05) is 25.9 Å². The first-order valence-corrected chi connectivity index (χ1v) is 10.9. The third-order valence-corrected chi connectivity index (χ3v) is 6.32. The highest BCUT2D eigenvalue weighted by Gasteiger charge is 2.15. The summed E-state index contributed by atoms with van der Waals surface area (Å²) in [6.07, 6.45) is 0.427. The molecule has 0 heterocycles. The van der Waals surface area contributed by atoms with Crippen LogP contribution in [0.25, 0.3) is 0 Å². The zero-order valence-corrected chi connectivity index (χ0v) is 16.6. The number of aryl methyl sites for hydroxylation is 1. The van der Waals surface area contributed by atoms with Crippen molar-refractivity contribution in [3.05, 3.63) is 53.6 Å². The zero-order chi connectivity index (χ0) is 19.5. The Morgan fingerprint density at radius 1 is 0.962 bits per heavy atom. The monoisotopic (exact) mass is 397 g/mol. The maximum atomic E-state index is 12.5. The van der Waals surface area contributed by atoms with Crippen molar-refractivity contribution in [3.63, 3.8) is 0 Å². The molecule has 26 heavy (non-hydrogen) atoms. The van der Waals surface area contributed by atoms with Crippen LogP contribution in [0.4, 0.5) is 5.69 Å². The van der Waals surface area contributed by atoms with E-state index in [0.717, 1.165) is 16.8 Å². The normalized spacial score (nSPS) is 12.2. The highest BCUT2D eigenvalue weighted by Crippen LogP contribution is 2.22. The summed E-state index contributed by atoms with van der Waals surface area (Å²) >= 11 is 0. The minimum absolute atomic E-state index is 0.0256. The number of nitrogens with two attached hydrogens (primary N) is 1. The smallest absolute Gasteiger partial charge is 0.240 e. The molecule has 0 fully saturated rings. The number of sulfonamides is 2. The molecule has 3 N–H and O–H groups in total.